The minimum absolute atomic E-state index is 0.108. The minimum Gasteiger partial charge on any atom is -0.486 e. The molecule has 144 valence electrons. The van der Waals surface area contributed by atoms with Crippen LogP contribution in [-0.4, -0.2) is 24.0 Å². The number of methoxy groups -OCH3 is 1. The van der Waals surface area contributed by atoms with Gasteiger partial charge in [-0.2, -0.15) is 0 Å². The smallest absolute Gasteiger partial charge is 0.339 e. The summed E-state index contributed by atoms with van der Waals surface area (Å²) in [7, 11) is 1.30. The van der Waals surface area contributed by atoms with E-state index in [4.69, 9.17) is 9.47 Å². The Hall–Kier alpha value is -3.19. The number of carbonyl (C=O) groups is 2. The summed E-state index contributed by atoms with van der Waals surface area (Å²) in [5.74, 6) is 0.0206. The van der Waals surface area contributed by atoms with Gasteiger partial charge in [0.1, 0.15) is 17.4 Å². The summed E-state index contributed by atoms with van der Waals surface area (Å²) in [4.78, 5) is 28.6. The summed E-state index contributed by atoms with van der Waals surface area (Å²) in [5, 5.41) is 5.36. The fraction of sp³-hybridized carbons (Fsp3) is 0.190. The predicted molar refractivity (Wildman–Crippen MR) is 108 cm³/mol. The van der Waals surface area contributed by atoms with Crippen molar-refractivity contribution in [2.45, 2.75) is 20.0 Å². The molecule has 1 N–H and O–H groups in total. The van der Waals surface area contributed by atoms with Gasteiger partial charge in [-0.05, 0) is 31.2 Å². The van der Waals surface area contributed by atoms with E-state index in [0.29, 0.717) is 23.6 Å². The molecular weight excluding hydrogens is 376 g/mol. The van der Waals surface area contributed by atoms with Crippen molar-refractivity contribution in [3.05, 3.63) is 75.7 Å². The standard InChI is InChI=1S/C21H20N2O4S/c1-14-7-9-16(10-8-14)27-12-20-22-15(13-28-20)11-19(24)23-18-6-4-3-5-17(18)21(25)26-2/h3-10,13H,11-12H2,1-2H3,(H,23,24). The van der Waals surface area contributed by atoms with E-state index < -0.39 is 5.97 Å². The van der Waals surface area contributed by atoms with Crippen LogP contribution in [0.25, 0.3) is 0 Å². The van der Waals surface area contributed by atoms with Gasteiger partial charge in [0, 0.05) is 5.38 Å². The highest BCUT2D eigenvalue weighted by Crippen LogP contribution is 2.18. The Labute approximate surface area is 167 Å². The normalized spacial score (nSPS) is 10.4. The number of aryl methyl sites for hydroxylation is 1. The second-order valence-corrected chi connectivity index (χ2v) is 7.04. The van der Waals surface area contributed by atoms with Crippen molar-refractivity contribution in [1.82, 2.24) is 4.98 Å². The van der Waals surface area contributed by atoms with Gasteiger partial charge in [0.25, 0.3) is 0 Å². The number of hydrogen-bond donors (Lipinski definition) is 1. The fourth-order valence-electron chi connectivity index (χ4n) is 2.51. The number of benzene rings is 2. The molecule has 0 aliphatic rings. The Bertz CT molecular complexity index is 967. The molecule has 0 fully saturated rings. The van der Waals surface area contributed by atoms with Crippen LogP contribution in [0.15, 0.2) is 53.9 Å². The van der Waals surface area contributed by atoms with Gasteiger partial charge in [0.05, 0.1) is 30.5 Å². The highest BCUT2D eigenvalue weighted by molar-refractivity contribution is 7.09. The number of ether oxygens (including phenoxy) is 2. The van der Waals surface area contributed by atoms with Crippen LogP contribution in [-0.2, 0) is 22.6 Å². The van der Waals surface area contributed by atoms with Crippen LogP contribution in [0, 0.1) is 6.92 Å². The average Bonchev–Trinajstić information content (AvgIpc) is 3.14. The monoisotopic (exact) mass is 396 g/mol. The lowest BCUT2D eigenvalue weighted by Gasteiger charge is -2.08. The van der Waals surface area contributed by atoms with E-state index >= 15 is 0 Å². The highest BCUT2D eigenvalue weighted by Gasteiger charge is 2.14. The van der Waals surface area contributed by atoms with E-state index in [1.165, 1.54) is 24.0 Å². The number of carbonyl (C=O) groups excluding carboxylic acids is 2. The molecule has 0 radical (unpaired) electrons. The third-order valence-corrected chi connectivity index (χ3v) is 4.80. The van der Waals surface area contributed by atoms with Crippen LogP contribution < -0.4 is 10.1 Å². The Balaban J connectivity index is 1.57. The first-order valence-corrected chi connectivity index (χ1v) is 9.53. The summed E-state index contributed by atoms with van der Waals surface area (Å²) < 4.78 is 10.4. The van der Waals surface area contributed by atoms with E-state index in [9.17, 15) is 9.59 Å². The molecule has 0 bridgehead atoms. The third-order valence-electron chi connectivity index (χ3n) is 3.93. The summed E-state index contributed by atoms with van der Waals surface area (Å²) in [6, 6.07) is 14.5. The maximum atomic E-state index is 12.3. The molecule has 1 heterocycles. The molecular formula is C21H20N2O4S. The summed E-state index contributed by atoms with van der Waals surface area (Å²) in [5.41, 5.74) is 2.55. The van der Waals surface area contributed by atoms with Gasteiger partial charge in [-0.3, -0.25) is 4.79 Å². The van der Waals surface area contributed by atoms with Gasteiger partial charge >= 0.3 is 5.97 Å². The predicted octanol–water partition coefficient (Wildman–Crippen LogP) is 4.00. The number of esters is 1. The lowest BCUT2D eigenvalue weighted by molar-refractivity contribution is -0.115. The molecule has 0 unspecified atom stereocenters. The van der Waals surface area contributed by atoms with Gasteiger partial charge in [-0.15, -0.1) is 11.3 Å². The van der Waals surface area contributed by atoms with Gasteiger partial charge < -0.3 is 14.8 Å². The van der Waals surface area contributed by atoms with Crippen molar-refractivity contribution >= 4 is 28.9 Å². The molecule has 0 aliphatic heterocycles. The number of amides is 1. The Kier molecular flexibility index (Phi) is 6.39. The van der Waals surface area contributed by atoms with Crippen LogP contribution >= 0.6 is 11.3 Å². The number of hydrogen-bond acceptors (Lipinski definition) is 6. The number of nitrogens with zero attached hydrogens (tertiary/aromatic N) is 1. The SMILES string of the molecule is COC(=O)c1ccccc1NC(=O)Cc1csc(COc2ccc(C)cc2)n1. The number of aromatic nitrogens is 1. The fourth-order valence-corrected chi connectivity index (χ4v) is 3.22. The van der Waals surface area contributed by atoms with Crippen LogP contribution in [0.3, 0.4) is 0 Å². The van der Waals surface area contributed by atoms with Crippen LogP contribution in [0.2, 0.25) is 0 Å². The zero-order valence-corrected chi connectivity index (χ0v) is 16.4. The zero-order chi connectivity index (χ0) is 19.9. The largest absolute Gasteiger partial charge is 0.486 e. The molecule has 0 saturated carbocycles. The van der Waals surface area contributed by atoms with Crippen molar-refractivity contribution < 1.29 is 19.1 Å². The molecule has 0 saturated heterocycles. The molecule has 3 aromatic rings. The van der Waals surface area contributed by atoms with Crippen molar-refractivity contribution in [3.63, 3.8) is 0 Å². The first kappa shape index (κ1) is 19.6. The summed E-state index contributed by atoms with van der Waals surface area (Å²) >= 11 is 1.44. The summed E-state index contributed by atoms with van der Waals surface area (Å²) in [6.45, 7) is 2.37. The molecule has 6 nitrogen and oxygen atoms in total. The minimum atomic E-state index is -0.500. The van der Waals surface area contributed by atoms with E-state index in [1.54, 1.807) is 24.3 Å². The first-order valence-electron chi connectivity index (χ1n) is 8.65. The van der Waals surface area contributed by atoms with E-state index in [1.807, 2.05) is 36.6 Å². The van der Waals surface area contributed by atoms with Gasteiger partial charge in [-0.25, -0.2) is 9.78 Å². The molecule has 3 rings (SSSR count). The lowest BCUT2D eigenvalue weighted by atomic mass is 10.1. The van der Waals surface area contributed by atoms with Gasteiger partial charge in [-0.1, -0.05) is 29.8 Å². The third kappa shape index (κ3) is 5.17. The van der Waals surface area contributed by atoms with Crippen LogP contribution in [0.5, 0.6) is 5.75 Å². The highest BCUT2D eigenvalue weighted by atomic mass is 32.1. The van der Waals surface area contributed by atoms with Gasteiger partial charge in [0.15, 0.2) is 0 Å². The Morgan fingerprint density at radius 2 is 1.86 bits per heavy atom. The molecule has 28 heavy (non-hydrogen) atoms. The second-order valence-electron chi connectivity index (χ2n) is 6.10. The maximum absolute atomic E-state index is 12.3. The summed E-state index contributed by atoms with van der Waals surface area (Å²) in [6.07, 6.45) is 0.108. The van der Waals surface area contributed by atoms with Crippen molar-refractivity contribution in [2.75, 3.05) is 12.4 Å². The van der Waals surface area contributed by atoms with E-state index in [0.717, 1.165) is 10.8 Å². The molecule has 0 spiro atoms. The number of thiazole rings is 1. The van der Waals surface area contributed by atoms with Crippen LogP contribution in [0.1, 0.15) is 26.6 Å². The topological polar surface area (TPSA) is 77.5 Å². The number of anilines is 1. The van der Waals surface area contributed by atoms with Crippen LogP contribution in [0.4, 0.5) is 5.69 Å². The number of rotatable bonds is 7. The maximum Gasteiger partial charge on any atom is 0.339 e. The first-order chi connectivity index (χ1) is 13.5. The number of nitrogens with one attached hydrogen (secondary N) is 1. The average molecular weight is 396 g/mol. The molecule has 1 aromatic heterocycles. The lowest BCUT2D eigenvalue weighted by Crippen LogP contribution is -2.17. The molecule has 1 amide bonds. The Morgan fingerprint density at radius 3 is 2.61 bits per heavy atom. The zero-order valence-electron chi connectivity index (χ0n) is 15.6. The van der Waals surface area contributed by atoms with E-state index in [2.05, 4.69) is 10.3 Å². The van der Waals surface area contributed by atoms with Gasteiger partial charge in [0.2, 0.25) is 5.91 Å². The molecule has 0 atom stereocenters. The molecule has 7 heteroatoms. The number of para-hydroxylation sites is 1. The quantitative estimate of drug-likeness (QED) is 0.611. The van der Waals surface area contributed by atoms with Crippen molar-refractivity contribution in [1.29, 1.82) is 0 Å². The van der Waals surface area contributed by atoms with Crippen molar-refractivity contribution in [3.8, 4) is 5.75 Å². The Morgan fingerprint density at radius 1 is 1.11 bits per heavy atom. The molecule has 2 aromatic carbocycles. The second kappa shape index (κ2) is 9.14. The van der Waals surface area contributed by atoms with E-state index in [-0.39, 0.29) is 12.3 Å². The molecule has 0 aliphatic carbocycles. The van der Waals surface area contributed by atoms with Crippen molar-refractivity contribution in [2.24, 2.45) is 0 Å².